The maximum Gasteiger partial charge on any atom is 0.323 e. The van der Waals surface area contributed by atoms with E-state index in [9.17, 15) is 4.79 Å². The SMILES string of the molecule is CC(Nc1ncnc2c1cnn2CCC#N)c1ccc2[nH]c(=O)[nH]c2c1. The van der Waals surface area contributed by atoms with E-state index in [0.717, 1.165) is 22.0 Å². The van der Waals surface area contributed by atoms with Gasteiger partial charge < -0.3 is 15.3 Å². The molecule has 130 valence electrons. The molecule has 4 rings (SSSR count). The fraction of sp³-hybridized carbons (Fsp3) is 0.235. The molecule has 9 heteroatoms. The van der Waals surface area contributed by atoms with Crippen molar-refractivity contribution in [2.75, 3.05) is 5.32 Å². The van der Waals surface area contributed by atoms with Gasteiger partial charge in [-0.25, -0.2) is 19.4 Å². The summed E-state index contributed by atoms with van der Waals surface area (Å²) in [6.07, 6.45) is 3.55. The minimum atomic E-state index is -0.222. The Morgan fingerprint density at radius 1 is 1.31 bits per heavy atom. The van der Waals surface area contributed by atoms with Crippen LogP contribution in [0.15, 0.2) is 35.5 Å². The number of benzene rings is 1. The molecule has 26 heavy (non-hydrogen) atoms. The van der Waals surface area contributed by atoms with Crippen LogP contribution in [0.5, 0.6) is 0 Å². The monoisotopic (exact) mass is 348 g/mol. The number of rotatable bonds is 5. The summed E-state index contributed by atoms with van der Waals surface area (Å²) in [5, 5.41) is 17.2. The molecule has 3 N–H and O–H groups in total. The largest absolute Gasteiger partial charge is 0.363 e. The molecular weight excluding hydrogens is 332 g/mol. The highest BCUT2D eigenvalue weighted by Gasteiger charge is 2.13. The van der Waals surface area contributed by atoms with Gasteiger partial charge in [0.25, 0.3) is 0 Å². The van der Waals surface area contributed by atoms with Crippen molar-refractivity contribution in [3.63, 3.8) is 0 Å². The quantitative estimate of drug-likeness (QED) is 0.506. The zero-order valence-corrected chi connectivity index (χ0v) is 14.0. The molecule has 0 aliphatic carbocycles. The molecule has 1 atom stereocenters. The number of anilines is 1. The zero-order chi connectivity index (χ0) is 18.1. The lowest BCUT2D eigenvalue weighted by Gasteiger charge is -2.15. The molecule has 0 bridgehead atoms. The summed E-state index contributed by atoms with van der Waals surface area (Å²) in [6, 6.07) is 7.82. The molecule has 3 aromatic heterocycles. The van der Waals surface area contributed by atoms with Gasteiger partial charge in [-0.15, -0.1) is 0 Å². The van der Waals surface area contributed by atoms with Crippen molar-refractivity contribution < 1.29 is 0 Å². The van der Waals surface area contributed by atoms with E-state index in [4.69, 9.17) is 5.26 Å². The highest BCUT2D eigenvalue weighted by atomic mass is 16.1. The van der Waals surface area contributed by atoms with Gasteiger partial charge in [0.2, 0.25) is 0 Å². The Bertz CT molecular complexity index is 1180. The first-order valence-electron chi connectivity index (χ1n) is 8.17. The third kappa shape index (κ3) is 2.77. The van der Waals surface area contributed by atoms with E-state index in [0.29, 0.717) is 24.4 Å². The van der Waals surface area contributed by atoms with Crippen molar-refractivity contribution >= 4 is 27.9 Å². The Kier molecular flexibility index (Phi) is 3.85. The maximum atomic E-state index is 11.4. The third-order valence-corrected chi connectivity index (χ3v) is 4.26. The number of aromatic nitrogens is 6. The Balaban J connectivity index is 1.64. The van der Waals surface area contributed by atoms with Gasteiger partial charge in [0, 0.05) is 0 Å². The Labute approximate surface area is 147 Å². The average Bonchev–Trinajstić information content (AvgIpc) is 3.22. The van der Waals surface area contributed by atoms with Gasteiger partial charge in [0.15, 0.2) is 5.65 Å². The van der Waals surface area contributed by atoms with Crippen molar-refractivity contribution in [1.82, 2.24) is 29.7 Å². The second-order valence-electron chi connectivity index (χ2n) is 5.99. The molecule has 1 unspecified atom stereocenters. The predicted molar refractivity (Wildman–Crippen MR) is 96.5 cm³/mol. The third-order valence-electron chi connectivity index (χ3n) is 4.26. The number of H-pyrrole nitrogens is 2. The molecule has 0 saturated carbocycles. The average molecular weight is 348 g/mol. The van der Waals surface area contributed by atoms with Crippen LogP contribution in [-0.4, -0.2) is 29.7 Å². The first kappa shape index (κ1) is 15.8. The van der Waals surface area contributed by atoms with Crippen LogP contribution in [0.2, 0.25) is 0 Å². The van der Waals surface area contributed by atoms with Gasteiger partial charge in [-0.2, -0.15) is 10.4 Å². The number of imidazole rings is 1. The van der Waals surface area contributed by atoms with Crippen LogP contribution >= 0.6 is 0 Å². The molecular formula is C17H16N8O. The minimum absolute atomic E-state index is 0.0432. The Hall–Kier alpha value is -3.67. The van der Waals surface area contributed by atoms with Crippen LogP contribution in [0.4, 0.5) is 5.82 Å². The zero-order valence-electron chi connectivity index (χ0n) is 14.0. The number of aromatic amines is 2. The lowest BCUT2D eigenvalue weighted by atomic mass is 10.1. The number of nitrogens with zero attached hydrogens (tertiary/aromatic N) is 5. The molecule has 0 saturated heterocycles. The first-order valence-corrected chi connectivity index (χ1v) is 8.17. The van der Waals surface area contributed by atoms with E-state index in [2.05, 4.69) is 36.4 Å². The van der Waals surface area contributed by atoms with Gasteiger partial charge in [-0.1, -0.05) is 6.07 Å². The molecule has 0 radical (unpaired) electrons. The summed E-state index contributed by atoms with van der Waals surface area (Å²) in [5.41, 5.74) is 3.01. The molecule has 3 heterocycles. The predicted octanol–water partition coefficient (Wildman–Crippen LogP) is 2.08. The van der Waals surface area contributed by atoms with Crippen LogP contribution in [-0.2, 0) is 6.54 Å². The van der Waals surface area contributed by atoms with Crippen molar-refractivity contribution in [3.05, 3.63) is 46.8 Å². The normalized spacial score (nSPS) is 12.3. The second-order valence-corrected chi connectivity index (χ2v) is 5.99. The molecule has 0 aliphatic rings. The highest BCUT2D eigenvalue weighted by Crippen LogP contribution is 2.25. The van der Waals surface area contributed by atoms with E-state index < -0.39 is 0 Å². The highest BCUT2D eigenvalue weighted by molar-refractivity contribution is 5.86. The van der Waals surface area contributed by atoms with Crippen LogP contribution in [0.25, 0.3) is 22.1 Å². The lowest BCUT2D eigenvalue weighted by Crippen LogP contribution is -2.09. The Morgan fingerprint density at radius 2 is 2.15 bits per heavy atom. The van der Waals surface area contributed by atoms with Gasteiger partial charge in [-0.3, -0.25) is 0 Å². The van der Waals surface area contributed by atoms with Crippen molar-refractivity contribution in [2.24, 2.45) is 0 Å². The fourth-order valence-electron chi connectivity index (χ4n) is 2.94. The smallest absolute Gasteiger partial charge is 0.323 e. The molecule has 0 amide bonds. The van der Waals surface area contributed by atoms with E-state index in [1.54, 1.807) is 10.9 Å². The molecule has 0 fully saturated rings. The van der Waals surface area contributed by atoms with Crippen molar-refractivity contribution in [3.8, 4) is 6.07 Å². The summed E-state index contributed by atoms with van der Waals surface area (Å²) < 4.78 is 1.70. The summed E-state index contributed by atoms with van der Waals surface area (Å²) in [7, 11) is 0. The van der Waals surface area contributed by atoms with Crippen molar-refractivity contribution in [1.29, 1.82) is 5.26 Å². The summed E-state index contributed by atoms with van der Waals surface area (Å²) >= 11 is 0. The number of aryl methyl sites for hydroxylation is 1. The summed E-state index contributed by atoms with van der Waals surface area (Å²) in [5.74, 6) is 0.674. The first-order chi connectivity index (χ1) is 12.7. The molecule has 0 spiro atoms. The standard InChI is InChI=1S/C17H16N8O/c1-10(11-3-4-13-14(7-11)24-17(26)23-13)22-15-12-8-21-25(6-2-5-18)16(12)20-9-19-15/h3-4,7-10H,2,6H2,1H3,(H,19,20,22)(H2,23,24,26). The van der Waals surface area contributed by atoms with Crippen LogP contribution in [0.1, 0.15) is 24.9 Å². The second kappa shape index (κ2) is 6.33. The summed E-state index contributed by atoms with van der Waals surface area (Å²) in [4.78, 5) is 25.5. The van der Waals surface area contributed by atoms with Gasteiger partial charge in [-0.05, 0) is 24.6 Å². The fourth-order valence-corrected chi connectivity index (χ4v) is 2.94. The molecule has 0 aliphatic heterocycles. The lowest BCUT2D eigenvalue weighted by molar-refractivity contribution is 0.643. The van der Waals surface area contributed by atoms with Crippen LogP contribution in [0, 0.1) is 11.3 Å². The molecule has 9 nitrogen and oxygen atoms in total. The topological polar surface area (TPSA) is 128 Å². The van der Waals surface area contributed by atoms with E-state index in [1.165, 1.54) is 6.33 Å². The number of nitriles is 1. The van der Waals surface area contributed by atoms with Crippen LogP contribution < -0.4 is 11.0 Å². The number of hydrogen-bond acceptors (Lipinski definition) is 6. The number of nitrogens with one attached hydrogen (secondary N) is 3. The number of hydrogen-bond donors (Lipinski definition) is 3. The molecule has 4 aromatic rings. The van der Waals surface area contributed by atoms with Gasteiger partial charge >= 0.3 is 5.69 Å². The van der Waals surface area contributed by atoms with Crippen molar-refractivity contribution in [2.45, 2.75) is 25.9 Å². The summed E-state index contributed by atoms with van der Waals surface area (Å²) in [6.45, 7) is 2.50. The van der Waals surface area contributed by atoms with E-state index in [-0.39, 0.29) is 11.7 Å². The van der Waals surface area contributed by atoms with Crippen LogP contribution in [0.3, 0.4) is 0 Å². The van der Waals surface area contributed by atoms with Gasteiger partial charge in [0.05, 0.1) is 47.7 Å². The van der Waals surface area contributed by atoms with E-state index >= 15 is 0 Å². The molecule has 1 aromatic carbocycles. The minimum Gasteiger partial charge on any atom is -0.363 e. The van der Waals surface area contributed by atoms with E-state index in [1.807, 2.05) is 25.1 Å². The number of fused-ring (bicyclic) bond motifs is 2. The van der Waals surface area contributed by atoms with Gasteiger partial charge in [0.1, 0.15) is 12.1 Å². The Morgan fingerprint density at radius 3 is 3.00 bits per heavy atom. The maximum absolute atomic E-state index is 11.4.